The topological polar surface area (TPSA) is 123 Å². The molecule has 1 unspecified atom stereocenters. The van der Waals surface area contributed by atoms with Crippen molar-refractivity contribution in [3.8, 4) is 11.5 Å². The number of nitrogens with one attached hydrogen (secondary N) is 1. The van der Waals surface area contributed by atoms with Crippen LogP contribution in [0.1, 0.15) is 30.4 Å². The van der Waals surface area contributed by atoms with Crippen LogP contribution < -0.4 is 20.5 Å². The molecule has 0 bridgehead atoms. The average molecular weight is 410 g/mol. The summed E-state index contributed by atoms with van der Waals surface area (Å²) in [5.41, 5.74) is 7.38. The van der Waals surface area contributed by atoms with Crippen molar-refractivity contribution in [1.29, 1.82) is 0 Å². The van der Waals surface area contributed by atoms with Gasteiger partial charge < -0.3 is 20.5 Å². The van der Waals surface area contributed by atoms with Crippen molar-refractivity contribution in [2.24, 2.45) is 10.8 Å². The van der Waals surface area contributed by atoms with Crippen LogP contribution in [0.3, 0.4) is 0 Å². The molecule has 1 aliphatic rings. The molecule has 0 saturated carbocycles. The quantitative estimate of drug-likeness (QED) is 0.784. The fourth-order valence-corrected chi connectivity index (χ4v) is 3.30. The summed E-state index contributed by atoms with van der Waals surface area (Å²) in [7, 11) is 2.95. The van der Waals surface area contributed by atoms with Crippen LogP contribution >= 0.6 is 0 Å². The Labute approximate surface area is 173 Å². The van der Waals surface area contributed by atoms with Gasteiger partial charge in [-0.1, -0.05) is 18.2 Å². The van der Waals surface area contributed by atoms with Crippen LogP contribution in [0.25, 0.3) is 0 Å². The predicted octanol–water partition coefficient (Wildman–Crippen LogP) is 2.46. The molecule has 30 heavy (non-hydrogen) atoms. The summed E-state index contributed by atoms with van der Waals surface area (Å²) in [6.07, 6.45) is -0.219. The first-order valence-electron chi connectivity index (χ1n) is 9.15. The smallest absolute Gasteiger partial charge is 0.342 e. The van der Waals surface area contributed by atoms with Gasteiger partial charge in [-0.2, -0.15) is 5.10 Å². The molecule has 1 atom stereocenters. The third kappa shape index (κ3) is 4.09. The van der Waals surface area contributed by atoms with Gasteiger partial charge in [-0.05, 0) is 36.8 Å². The van der Waals surface area contributed by atoms with E-state index < -0.39 is 23.8 Å². The third-order valence-electron chi connectivity index (χ3n) is 4.73. The molecule has 1 heterocycles. The summed E-state index contributed by atoms with van der Waals surface area (Å²) in [6, 6.07) is 11.1. The molecule has 2 aromatic rings. The van der Waals surface area contributed by atoms with Gasteiger partial charge in [0.15, 0.2) is 11.5 Å². The van der Waals surface area contributed by atoms with Gasteiger partial charge in [-0.3, -0.25) is 9.59 Å². The van der Waals surface area contributed by atoms with Crippen LogP contribution in [0.4, 0.5) is 10.5 Å². The van der Waals surface area contributed by atoms with Crippen LogP contribution in [0.15, 0.2) is 47.6 Å². The molecule has 3 rings (SSSR count). The van der Waals surface area contributed by atoms with E-state index in [1.54, 1.807) is 43.3 Å². The van der Waals surface area contributed by atoms with E-state index in [1.165, 1.54) is 14.2 Å². The Morgan fingerprint density at radius 3 is 2.37 bits per heavy atom. The molecular formula is C21H22N4O5. The number of rotatable bonds is 5. The molecule has 1 aliphatic heterocycles. The first kappa shape index (κ1) is 20.8. The van der Waals surface area contributed by atoms with Gasteiger partial charge in [0, 0.05) is 17.7 Å². The molecule has 0 aliphatic carbocycles. The fourth-order valence-electron chi connectivity index (χ4n) is 3.30. The second-order valence-corrected chi connectivity index (χ2v) is 6.64. The lowest BCUT2D eigenvalue weighted by Crippen LogP contribution is -2.40. The lowest BCUT2D eigenvalue weighted by Gasteiger charge is -2.20. The van der Waals surface area contributed by atoms with E-state index in [-0.39, 0.29) is 6.42 Å². The normalized spacial score (nSPS) is 15.6. The number of benzene rings is 2. The molecule has 0 spiro atoms. The predicted molar refractivity (Wildman–Crippen MR) is 111 cm³/mol. The summed E-state index contributed by atoms with van der Waals surface area (Å²) in [5, 5.41) is 7.41. The van der Waals surface area contributed by atoms with Gasteiger partial charge in [0.2, 0.25) is 5.91 Å². The third-order valence-corrected chi connectivity index (χ3v) is 4.73. The van der Waals surface area contributed by atoms with Crippen molar-refractivity contribution < 1.29 is 23.9 Å². The van der Waals surface area contributed by atoms with Crippen LogP contribution in [0.5, 0.6) is 11.5 Å². The monoisotopic (exact) mass is 410 g/mol. The van der Waals surface area contributed by atoms with Crippen LogP contribution in [0, 0.1) is 0 Å². The summed E-state index contributed by atoms with van der Waals surface area (Å²) < 4.78 is 10.7. The van der Waals surface area contributed by atoms with Crippen LogP contribution in [-0.4, -0.2) is 42.8 Å². The average Bonchev–Trinajstić information content (AvgIpc) is 2.83. The van der Waals surface area contributed by atoms with Crippen molar-refractivity contribution >= 4 is 29.2 Å². The Bertz CT molecular complexity index is 1020. The number of hydrazone groups is 1. The number of hydrogen-bond acceptors (Lipinski definition) is 6. The van der Waals surface area contributed by atoms with Crippen LogP contribution in [0.2, 0.25) is 0 Å². The van der Waals surface area contributed by atoms with Crippen molar-refractivity contribution in [2.75, 3.05) is 19.5 Å². The Morgan fingerprint density at radius 2 is 1.77 bits per heavy atom. The number of nitrogens with two attached hydrogens (primary N) is 1. The van der Waals surface area contributed by atoms with Crippen molar-refractivity contribution in [3.63, 3.8) is 0 Å². The molecule has 0 fully saturated rings. The summed E-state index contributed by atoms with van der Waals surface area (Å²) in [4.78, 5) is 37.6. The van der Waals surface area contributed by atoms with E-state index in [0.717, 1.165) is 0 Å². The van der Waals surface area contributed by atoms with Crippen molar-refractivity contribution in [2.45, 2.75) is 19.3 Å². The van der Waals surface area contributed by atoms with E-state index in [0.29, 0.717) is 39.0 Å². The summed E-state index contributed by atoms with van der Waals surface area (Å²) in [5.74, 6) is -1.28. The molecule has 9 heteroatoms. The number of hydrogen-bond donors (Lipinski definition) is 2. The maximum atomic E-state index is 13.1. The first-order chi connectivity index (χ1) is 14.3. The molecule has 2 aromatic carbocycles. The first-order valence-corrected chi connectivity index (χ1v) is 9.15. The Hall–Kier alpha value is -3.88. The van der Waals surface area contributed by atoms with Gasteiger partial charge >= 0.3 is 6.03 Å². The van der Waals surface area contributed by atoms with Crippen molar-refractivity contribution in [1.82, 2.24) is 5.01 Å². The van der Waals surface area contributed by atoms with E-state index >= 15 is 0 Å². The van der Waals surface area contributed by atoms with E-state index in [2.05, 4.69) is 10.4 Å². The zero-order chi connectivity index (χ0) is 21.8. The second-order valence-electron chi connectivity index (χ2n) is 6.64. The highest BCUT2D eigenvalue weighted by atomic mass is 16.5. The van der Waals surface area contributed by atoms with Gasteiger partial charge in [-0.15, -0.1) is 5.01 Å². The number of carbonyl (C=O) groups is 3. The molecule has 0 aromatic heterocycles. The SMILES string of the molecule is COc1cc2c(cc1OC)C(CC(=O)Nc1ccccc1)C(=O)N(C(N)=O)N=C2C. The highest BCUT2D eigenvalue weighted by Gasteiger charge is 2.36. The number of amides is 4. The van der Waals surface area contributed by atoms with Gasteiger partial charge in [0.25, 0.3) is 5.91 Å². The molecule has 0 saturated heterocycles. The number of anilines is 1. The van der Waals surface area contributed by atoms with Gasteiger partial charge in [0.1, 0.15) is 0 Å². The molecule has 156 valence electrons. The number of fused-ring (bicyclic) bond motifs is 1. The largest absolute Gasteiger partial charge is 0.493 e. The minimum atomic E-state index is -1.03. The zero-order valence-corrected chi connectivity index (χ0v) is 16.8. The Balaban J connectivity index is 2.05. The number of nitrogens with zero attached hydrogens (tertiary/aromatic N) is 2. The lowest BCUT2D eigenvalue weighted by atomic mass is 9.88. The Kier molecular flexibility index (Phi) is 6.01. The number of methoxy groups -OCH3 is 2. The van der Waals surface area contributed by atoms with Gasteiger partial charge in [-0.25, -0.2) is 4.79 Å². The number of urea groups is 1. The minimum absolute atomic E-state index is 0.219. The van der Waals surface area contributed by atoms with Crippen molar-refractivity contribution in [3.05, 3.63) is 53.6 Å². The lowest BCUT2D eigenvalue weighted by molar-refractivity contribution is -0.131. The van der Waals surface area contributed by atoms with E-state index in [4.69, 9.17) is 15.2 Å². The standard InChI is InChI=1S/C21H22N4O5/c1-12-14-9-17(29-2)18(30-3)10-15(14)16(20(27)25(24-12)21(22)28)11-19(26)23-13-7-5-4-6-8-13/h4-10,16H,11H2,1-3H3,(H2,22,28)(H,23,26). The minimum Gasteiger partial charge on any atom is -0.493 e. The number of carbonyl (C=O) groups excluding carboxylic acids is 3. The number of para-hydroxylation sites is 1. The molecular weight excluding hydrogens is 388 g/mol. The highest BCUT2D eigenvalue weighted by molar-refractivity contribution is 6.09. The highest BCUT2D eigenvalue weighted by Crippen LogP contribution is 2.38. The number of primary amides is 1. The van der Waals surface area contributed by atoms with Gasteiger partial charge in [0.05, 0.1) is 25.8 Å². The number of imide groups is 1. The van der Waals surface area contributed by atoms with E-state index in [1.807, 2.05) is 6.07 Å². The second kappa shape index (κ2) is 8.64. The molecule has 3 N–H and O–H groups in total. The summed E-state index contributed by atoms with van der Waals surface area (Å²) in [6.45, 7) is 1.64. The molecule has 4 amide bonds. The Morgan fingerprint density at radius 1 is 1.13 bits per heavy atom. The van der Waals surface area contributed by atoms with Crippen LogP contribution in [-0.2, 0) is 9.59 Å². The molecule has 0 radical (unpaired) electrons. The molecule has 9 nitrogen and oxygen atoms in total. The maximum absolute atomic E-state index is 13.1. The van der Waals surface area contributed by atoms with E-state index in [9.17, 15) is 14.4 Å². The number of ether oxygens (including phenoxy) is 2. The summed E-state index contributed by atoms with van der Waals surface area (Å²) >= 11 is 0. The fraction of sp³-hybridized carbons (Fsp3) is 0.238. The zero-order valence-electron chi connectivity index (χ0n) is 16.8. The maximum Gasteiger partial charge on any atom is 0.342 e.